The number of para-hydroxylation sites is 1. The van der Waals surface area contributed by atoms with E-state index in [1.165, 1.54) is 17.0 Å². The van der Waals surface area contributed by atoms with Crippen molar-refractivity contribution in [3.8, 4) is 0 Å². The van der Waals surface area contributed by atoms with Crippen molar-refractivity contribution < 1.29 is 18.7 Å². The molecule has 18 heavy (non-hydrogen) atoms. The summed E-state index contributed by atoms with van der Waals surface area (Å²) in [7, 11) is 0. The summed E-state index contributed by atoms with van der Waals surface area (Å²) in [6, 6.07) is 4.45. The third kappa shape index (κ3) is 2.37. The van der Waals surface area contributed by atoms with Crippen LogP contribution in [-0.2, 0) is 0 Å². The van der Waals surface area contributed by atoms with Gasteiger partial charge in [0.1, 0.15) is 0 Å². The van der Waals surface area contributed by atoms with Crippen LogP contribution in [0, 0.1) is 0 Å². The van der Waals surface area contributed by atoms with Crippen LogP contribution >= 0.6 is 0 Å². The van der Waals surface area contributed by atoms with E-state index < -0.39 is 18.4 Å². The number of hydrogen-bond acceptors (Lipinski definition) is 3. The summed E-state index contributed by atoms with van der Waals surface area (Å²) in [6.07, 6.45) is 0.228. The van der Waals surface area contributed by atoms with Gasteiger partial charge in [0.2, 0.25) is 0 Å². The molecule has 0 spiro atoms. The van der Waals surface area contributed by atoms with Gasteiger partial charge in [0.15, 0.2) is 0 Å². The van der Waals surface area contributed by atoms with Crippen molar-refractivity contribution in [3.05, 3.63) is 23.8 Å². The minimum Gasteiger partial charge on any atom is -0.478 e. The first-order valence-corrected chi connectivity index (χ1v) is 5.65. The molecule has 1 fully saturated rings. The Balaban J connectivity index is 2.34. The molecular formula is C12H14F2N2O2. The highest BCUT2D eigenvalue weighted by Gasteiger charge is 2.36. The Bertz CT molecular complexity index is 477. The number of halogens is 2. The molecule has 0 bridgehead atoms. The zero-order valence-corrected chi connectivity index (χ0v) is 9.70. The van der Waals surface area contributed by atoms with E-state index in [9.17, 15) is 13.6 Å². The van der Waals surface area contributed by atoms with Crippen molar-refractivity contribution in [1.29, 1.82) is 0 Å². The zero-order valence-electron chi connectivity index (χ0n) is 9.70. The number of carbonyl (C=O) groups is 1. The van der Waals surface area contributed by atoms with Gasteiger partial charge in [-0.05, 0) is 18.6 Å². The van der Waals surface area contributed by atoms with Gasteiger partial charge in [-0.15, -0.1) is 0 Å². The maximum Gasteiger partial charge on any atom is 0.337 e. The maximum absolute atomic E-state index is 13.3. The minimum atomic E-state index is -2.75. The number of rotatable bonds is 2. The van der Waals surface area contributed by atoms with E-state index in [2.05, 4.69) is 0 Å². The predicted octanol–water partition coefficient (Wildman–Crippen LogP) is 2.20. The molecule has 0 radical (unpaired) electrons. The molecule has 1 aromatic carbocycles. The van der Waals surface area contributed by atoms with Gasteiger partial charge in [0, 0.05) is 13.0 Å². The lowest BCUT2D eigenvalue weighted by molar-refractivity contribution is -0.0116. The van der Waals surface area contributed by atoms with E-state index in [1.807, 2.05) is 0 Å². The zero-order chi connectivity index (χ0) is 13.3. The molecule has 0 aromatic heterocycles. The van der Waals surface area contributed by atoms with Crippen molar-refractivity contribution in [2.24, 2.45) is 0 Å². The summed E-state index contributed by atoms with van der Waals surface area (Å²) < 4.78 is 26.7. The number of nitrogens with two attached hydrogens (primary N) is 1. The van der Waals surface area contributed by atoms with Gasteiger partial charge in [-0.1, -0.05) is 6.07 Å². The van der Waals surface area contributed by atoms with E-state index in [1.54, 1.807) is 6.07 Å². The van der Waals surface area contributed by atoms with Crippen molar-refractivity contribution in [3.63, 3.8) is 0 Å². The highest BCUT2D eigenvalue weighted by Crippen LogP contribution is 2.33. The fraction of sp³-hybridized carbons (Fsp3) is 0.417. The molecule has 2 rings (SSSR count). The molecule has 1 aliphatic rings. The summed E-state index contributed by atoms with van der Waals surface area (Å²) in [5.74, 6) is -3.90. The molecule has 1 aromatic rings. The summed E-state index contributed by atoms with van der Waals surface area (Å²) in [5, 5.41) is 8.94. The first kappa shape index (κ1) is 12.6. The highest BCUT2D eigenvalue weighted by atomic mass is 19.3. The maximum atomic E-state index is 13.3. The van der Waals surface area contributed by atoms with Crippen LogP contribution in [0.1, 0.15) is 23.2 Å². The number of nitrogen functional groups attached to an aromatic ring is 1. The second-order valence-corrected chi connectivity index (χ2v) is 4.42. The summed E-state index contributed by atoms with van der Waals surface area (Å²) in [4.78, 5) is 12.4. The average Bonchev–Trinajstić information content (AvgIpc) is 2.27. The average molecular weight is 256 g/mol. The Hall–Kier alpha value is -1.85. The molecule has 0 unspecified atom stereocenters. The smallest absolute Gasteiger partial charge is 0.337 e. The molecule has 1 saturated heterocycles. The van der Waals surface area contributed by atoms with Crippen LogP contribution in [-0.4, -0.2) is 30.1 Å². The summed E-state index contributed by atoms with van der Waals surface area (Å²) in [6.45, 7) is 0.0448. The minimum absolute atomic E-state index is 0.0442. The van der Waals surface area contributed by atoms with E-state index in [0.29, 0.717) is 18.7 Å². The summed E-state index contributed by atoms with van der Waals surface area (Å²) in [5.41, 5.74) is 6.10. The van der Waals surface area contributed by atoms with Crippen LogP contribution in [0.5, 0.6) is 0 Å². The Morgan fingerprint density at radius 2 is 2.17 bits per heavy atom. The number of anilines is 2. The van der Waals surface area contributed by atoms with Crippen LogP contribution in [0.3, 0.4) is 0 Å². The molecule has 0 aliphatic carbocycles. The fourth-order valence-electron chi connectivity index (χ4n) is 2.19. The quantitative estimate of drug-likeness (QED) is 0.796. The Morgan fingerprint density at radius 3 is 2.78 bits per heavy atom. The van der Waals surface area contributed by atoms with Crippen LogP contribution < -0.4 is 10.6 Å². The van der Waals surface area contributed by atoms with E-state index in [0.717, 1.165) is 0 Å². The molecular weight excluding hydrogens is 242 g/mol. The number of aromatic carboxylic acids is 1. The number of hydrogen-bond donors (Lipinski definition) is 2. The second kappa shape index (κ2) is 4.44. The SMILES string of the molecule is Nc1c(C(=O)O)cccc1N1CCCC(F)(F)C1. The van der Waals surface area contributed by atoms with Crippen molar-refractivity contribution in [2.75, 3.05) is 23.7 Å². The van der Waals surface area contributed by atoms with Gasteiger partial charge < -0.3 is 15.7 Å². The van der Waals surface area contributed by atoms with Crippen molar-refractivity contribution in [2.45, 2.75) is 18.8 Å². The molecule has 1 aliphatic heterocycles. The van der Waals surface area contributed by atoms with E-state index in [4.69, 9.17) is 10.8 Å². The van der Waals surface area contributed by atoms with Gasteiger partial charge in [-0.3, -0.25) is 0 Å². The third-order valence-corrected chi connectivity index (χ3v) is 3.05. The van der Waals surface area contributed by atoms with Crippen molar-refractivity contribution in [1.82, 2.24) is 0 Å². The number of alkyl halides is 2. The Kier molecular flexibility index (Phi) is 3.11. The second-order valence-electron chi connectivity index (χ2n) is 4.42. The van der Waals surface area contributed by atoms with E-state index in [-0.39, 0.29) is 17.7 Å². The number of benzene rings is 1. The Morgan fingerprint density at radius 1 is 1.44 bits per heavy atom. The number of carboxylic acids is 1. The van der Waals surface area contributed by atoms with Crippen LogP contribution in [0.4, 0.5) is 20.2 Å². The molecule has 98 valence electrons. The van der Waals surface area contributed by atoms with Crippen LogP contribution in [0.2, 0.25) is 0 Å². The largest absolute Gasteiger partial charge is 0.478 e. The number of nitrogens with zero attached hydrogens (tertiary/aromatic N) is 1. The topological polar surface area (TPSA) is 66.6 Å². The molecule has 0 atom stereocenters. The lowest BCUT2D eigenvalue weighted by Crippen LogP contribution is -2.43. The standard InChI is InChI=1S/C12H14F2N2O2/c13-12(14)5-2-6-16(7-12)9-4-1-3-8(10(9)15)11(17)18/h1,3-4H,2,5-7,15H2,(H,17,18). The lowest BCUT2D eigenvalue weighted by Gasteiger charge is -2.34. The Labute approximate surface area is 103 Å². The molecule has 0 saturated carbocycles. The van der Waals surface area contributed by atoms with E-state index >= 15 is 0 Å². The van der Waals surface area contributed by atoms with Crippen molar-refractivity contribution >= 4 is 17.3 Å². The van der Waals surface area contributed by atoms with Gasteiger partial charge in [-0.25, -0.2) is 13.6 Å². The molecule has 0 amide bonds. The molecule has 3 N–H and O–H groups in total. The predicted molar refractivity (Wildman–Crippen MR) is 64.2 cm³/mol. The van der Waals surface area contributed by atoms with Gasteiger partial charge in [-0.2, -0.15) is 0 Å². The first-order valence-electron chi connectivity index (χ1n) is 5.65. The number of piperidine rings is 1. The van der Waals surface area contributed by atoms with Gasteiger partial charge in [0.05, 0.1) is 23.5 Å². The molecule has 6 heteroatoms. The molecule has 4 nitrogen and oxygen atoms in total. The number of carboxylic acid groups (broad SMARTS) is 1. The van der Waals surface area contributed by atoms with Gasteiger partial charge in [0.25, 0.3) is 5.92 Å². The van der Waals surface area contributed by atoms with Crippen LogP contribution in [0.15, 0.2) is 18.2 Å². The summed E-state index contributed by atoms with van der Waals surface area (Å²) >= 11 is 0. The lowest BCUT2D eigenvalue weighted by atomic mass is 10.0. The third-order valence-electron chi connectivity index (χ3n) is 3.05. The first-order chi connectivity index (χ1) is 8.41. The van der Waals surface area contributed by atoms with Crippen LogP contribution in [0.25, 0.3) is 0 Å². The highest BCUT2D eigenvalue weighted by molar-refractivity contribution is 5.97. The monoisotopic (exact) mass is 256 g/mol. The fourth-order valence-corrected chi connectivity index (χ4v) is 2.19. The van der Waals surface area contributed by atoms with Gasteiger partial charge >= 0.3 is 5.97 Å². The normalized spacial score (nSPS) is 18.7. The molecule has 1 heterocycles.